The van der Waals surface area contributed by atoms with Crippen LogP contribution in [0.4, 0.5) is 5.69 Å². The molecule has 0 atom stereocenters. The van der Waals surface area contributed by atoms with Gasteiger partial charge in [0.2, 0.25) is 0 Å². The highest BCUT2D eigenvalue weighted by Gasteiger charge is 2.14. The van der Waals surface area contributed by atoms with Crippen LogP contribution in [0.3, 0.4) is 0 Å². The molecule has 20 heavy (non-hydrogen) atoms. The van der Waals surface area contributed by atoms with Crippen LogP contribution >= 0.6 is 12.4 Å². The molecule has 0 bridgehead atoms. The second-order valence-electron chi connectivity index (χ2n) is 4.38. The number of nitrogens with one attached hydrogen (secondary N) is 3. The number of amides is 1. The molecule has 1 aromatic heterocycles. The number of carbonyl (C=O) groups is 1. The first-order valence-corrected chi connectivity index (χ1v) is 6.21. The number of aromatic nitrogens is 1. The summed E-state index contributed by atoms with van der Waals surface area (Å²) in [5, 5.41) is 16.5. The number of nitro groups is 1. The largest absolute Gasteiger partial charge is 0.351 e. The van der Waals surface area contributed by atoms with E-state index >= 15 is 0 Å². The molecule has 0 saturated carbocycles. The van der Waals surface area contributed by atoms with E-state index in [0.717, 1.165) is 32.7 Å². The molecule has 1 aromatic rings. The zero-order valence-corrected chi connectivity index (χ0v) is 11.7. The van der Waals surface area contributed by atoms with E-state index in [2.05, 4.69) is 20.5 Å². The second kappa shape index (κ2) is 7.83. The lowest BCUT2D eigenvalue weighted by molar-refractivity contribution is -0.384. The number of hydrogen-bond donors (Lipinski definition) is 3. The number of aromatic amines is 1. The first kappa shape index (κ1) is 16.4. The van der Waals surface area contributed by atoms with Crippen molar-refractivity contribution in [3.05, 3.63) is 28.1 Å². The molecule has 112 valence electrons. The van der Waals surface area contributed by atoms with E-state index in [9.17, 15) is 14.9 Å². The third-order valence-electron chi connectivity index (χ3n) is 3.05. The molecule has 0 radical (unpaired) electrons. The quantitative estimate of drug-likeness (QED) is 0.524. The van der Waals surface area contributed by atoms with E-state index in [1.54, 1.807) is 0 Å². The average molecular weight is 304 g/mol. The Morgan fingerprint density at radius 2 is 2.15 bits per heavy atom. The van der Waals surface area contributed by atoms with Crippen LogP contribution in [-0.2, 0) is 0 Å². The van der Waals surface area contributed by atoms with E-state index in [4.69, 9.17) is 0 Å². The highest BCUT2D eigenvalue weighted by atomic mass is 35.5. The van der Waals surface area contributed by atoms with Gasteiger partial charge in [0, 0.05) is 45.3 Å². The molecular weight excluding hydrogens is 286 g/mol. The molecule has 0 unspecified atom stereocenters. The van der Waals surface area contributed by atoms with Crippen molar-refractivity contribution in [1.29, 1.82) is 0 Å². The van der Waals surface area contributed by atoms with Crippen LogP contribution in [0.2, 0.25) is 0 Å². The highest BCUT2D eigenvalue weighted by Crippen LogP contribution is 2.11. The fourth-order valence-electron chi connectivity index (χ4n) is 1.98. The molecule has 1 aliphatic heterocycles. The van der Waals surface area contributed by atoms with E-state index in [1.807, 2.05) is 0 Å². The Labute approximate surface area is 122 Å². The number of carbonyl (C=O) groups excluding carboxylic acids is 1. The van der Waals surface area contributed by atoms with Crippen LogP contribution in [0.25, 0.3) is 0 Å². The maximum atomic E-state index is 11.7. The monoisotopic (exact) mass is 303 g/mol. The third kappa shape index (κ3) is 4.48. The van der Waals surface area contributed by atoms with Crippen LogP contribution in [0.15, 0.2) is 12.3 Å². The lowest BCUT2D eigenvalue weighted by atomic mass is 10.3. The minimum Gasteiger partial charge on any atom is -0.351 e. The van der Waals surface area contributed by atoms with Crippen LogP contribution < -0.4 is 10.6 Å². The highest BCUT2D eigenvalue weighted by molar-refractivity contribution is 5.93. The zero-order chi connectivity index (χ0) is 13.7. The van der Waals surface area contributed by atoms with Crippen molar-refractivity contribution in [2.24, 2.45) is 0 Å². The van der Waals surface area contributed by atoms with Gasteiger partial charge in [-0.3, -0.25) is 19.8 Å². The normalized spacial score (nSPS) is 15.4. The molecule has 0 spiro atoms. The Kier molecular flexibility index (Phi) is 6.43. The van der Waals surface area contributed by atoms with Gasteiger partial charge in [-0.25, -0.2) is 0 Å². The molecule has 1 amide bonds. The van der Waals surface area contributed by atoms with E-state index in [0.29, 0.717) is 6.54 Å². The molecule has 0 aromatic carbocycles. The average Bonchev–Trinajstić information content (AvgIpc) is 2.89. The Bertz CT molecular complexity index is 459. The standard InChI is InChI=1S/C11H17N5O3.ClH/c17-11(10-7-9(8-14-10)16(18)19)13-3-6-15-4-1-12-2-5-15;/h7-8,12,14H,1-6H2,(H,13,17);1H. The third-order valence-corrected chi connectivity index (χ3v) is 3.05. The van der Waals surface area contributed by atoms with Gasteiger partial charge in [-0.15, -0.1) is 12.4 Å². The van der Waals surface area contributed by atoms with Gasteiger partial charge < -0.3 is 15.6 Å². The van der Waals surface area contributed by atoms with Crippen molar-refractivity contribution in [1.82, 2.24) is 20.5 Å². The summed E-state index contributed by atoms with van der Waals surface area (Å²) in [6.07, 6.45) is 1.21. The fourth-order valence-corrected chi connectivity index (χ4v) is 1.98. The van der Waals surface area contributed by atoms with Crippen LogP contribution in [0.5, 0.6) is 0 Å². The predicted molar refractivity (Wildman–Crippen MR) is 76.3 cm³/mol. The Morgan fingerprint density at radius 1 is 1.45 bits per heavy atom. The number of halogens is 1. The minimum absolute atomic E-state index is 0. The maximum Gasteiger partial charge on any atom is 0.287 e. The number of nitrogens with zero attached hydrogens (tertiary/aromatic N) is 2. The summed E-state index contributed by atoms with van der Waals surface area (Å²) in [7, 11) is 0. The fraction of sp³-hybridized carbons (Fsp3) is 0.545. The molecule has 3 N–H and O–H groups in total. The van der Waals surface area contributed by atoms with Crippen LogP contribution in [-0.4, -0.2) is 60.0 Å². The van der Waals surface area contributed by atoms with Crippen molar-refractivity contribution in [3.8, 4) is 0 Å². The Balaban J connectivity index is 0.00000200. The second-order valence-corrected chi connectivity index (χ2v) is 4.38. The molecular formula is C11H18ClN5O3. The van der Waals surface area contributed by atoms with Gasteiger partial charge in [0.05, 0.1) is 11.1 Å². The molecule has 1 saturated heterocycles. The molecule has 9 heteroatoms. The molecule has 0 aliphatic carbocycles. The summed E-state index contributed by atoms with van der Waals surface area (Å²) in [5.74, 6) is -0.316. The molecule has 2 heterocycles. The zero-order valence-electron chi connectivity index (χ0n) is 10.9. The van der Waals surface area contributed by atoms with Crippen LogP contribution in [0.1, 0.15) is 10.5 Å². The van der Waals surface area contributed by atoms with E-state index < -0.39 is 4.92 Å². The lowest BCUT2D eigenvalue weighted by Gasteiger charge is -2.26. The van der Waals surface area contributed by atoms with E-state index in [-0.39, 0.29) is 29.7 Å². The van der Waals surface area contributed by atoms with Gasteiger partial charge in [-0.05, 0) is 0 Å². The first-order valence-electron chi connectivity index (χ1n) is 6.21. The van der Waals surface area contributed by atoms with Crippen molar-refractivity contribution >= 4 is 24.0 Å². The molecule has 2 rings (SSSR count). The lowest BCUT2D eigenvalue weighted by Crippen LogP contribution is -2.46. The summed E-state index contributed by atoms with van der Waals surface area (Å²) < 4.78 is 0. The molecule has 8 nitrogen and oxygen atoms in total. The van der Waals surface area contributed by atoms with Crippen molar-refractivity contribution < 1.29 is 9.72 Å². The Hall–Kier alpha value is -1.64. The van der Waals surface area contributed by atoms with Gasteiger partial charge in [-0.2, -0.15) is 0 Å². The van der Waals surface area contributed by atoms with Crippen molar-refractivity contribution in [2.45, 2.75) is 0 Å². The molecule has 1 aliphatic rings. The predicted octanol–water partition coefficient (Wildman–Crippen LogP) is -0.0203. The van der Waals surface area contributed by atoms with E-state index in [1.165, 1.54) is 12.3 Å². The summed E-state index contributed by atoms with van der Waals surface area (Å²) in [5.41, 5.74) is 0.110. The number of rotatable bonds is 5. The summed E-state index contributed by atoms with van der Waals surface area (Å²) in [4.78, 5) is 26.5. The number of piperazine rings is 1. The summed E-state index contributed by atoms with van der Waals surface area (Å²) >= 11 is 0. The number of hydrogen-bond acceptors (Lipinski definition) is 5. The maximum absolute atomic E-state index is 11.7. The smallest absolute Gasteiger partial charge is 0.287 e. The summed E-state index contributed by atoms with van der Waals surface area (Å²) in [6, 6.07) is 1.24. The van der Waals surface area contributed by atoms with Gasteiger partial charge in [0.15, 0.2) is 0 Å². The first-order chi connectivity index (χ1) is 9.16. The van der Waals surface area contributed by atoms with Crippen molar-refractivity contribution in [3.63, 3.8) is 0 Å². The minimum atomic E-state index is -0.534. The van der Waals surface area contributed by atoms with Crippen molar-refractivity contribution in [2.75, 3.05) is 39.3 Å². The van der Waals surface area contributed by atoms with Crippen LogP contribution in [0, 0.1) is 10.1 Å². The molecule has 1 fully saturated rings. The summed E-state index contributed by atoms with van der Waals surface area (Å²) in [6.45, 7) is 5.21. The number of H-pyrrole nitrogens is 1. The SMILES string of the molecule is Cl.O=C(NCCN1CCNCC1)c1cc([N+](=O)[O-])c[nH]1. The van der Waals surface area contributed by atoms with Gasteiger partial charge in [0.1, 0.15) is 5.69 Å². The van der Waals surface area contributed by atoms with Gasteiger partial charge in [0.25, 0.3) is 11.6 Å². The Morgan fingerprint density at radius 3 is 2.75 bits per heavy atom. The van der Waals surface area contributed by atoms with Gasteiger partial charge in [-0.1, -0.05) is 0 Å². The topological polar surface area (TPSA) is 103 Å². The van der Waals surface area contributed by atoms with Gasteiger partial charge >= 0.3 is 0 Å².